The predicted molar refractivity (Wildman–Crippen MR) is 82.8 cm³/mol. The van der Waals surface area contributed by atoms with Crippen LogP contribution in [0.15, 0.2) is 24.3 Å². The van der Waals surface area contributed by atoms with Gasteiger partial charge in [-0.2, -0.15) is 0 Å². The van der Waals surface area contributed by atoms with Crippen molar-refractivity contribution < 1.29 is 14.3 Å². The van der Waals surface area contributed by atoms with Crippen LogP contribution in [0.1, 0.15) is 20.3 Å². The van der Waals surface area contributed by atoms with E-state index in [1.54, 1.807) is 11.8 Å². The Balaban J connectivity index is 2.38. The van der Waals surface area contributed by atoms with Gasteiger partial charge in [0, 0.05) is 6.04 Å². The van der Waals surface area contributed by atoms with Crippen LogP contribution in [0.3, 0.4) is 0 Å². The molecule has 6 heteroatoms. The van der Waals surface area contributed by atoms with Crippen LogP contribution in [-0.2, 0) is 14.3 Å². The molecule has 0 aliphatic carbocycles. The van der Waals surface area contributed by atoms with Gasteiger partial charge in [-0.25, -0.2) is 4.79 Å². The molecular weight excluding hydrogens is 292 g/mol. The van der Waals surface area contributed by atoms with Crippen LogP contribution in [-0.4, -0.2) is 36.4 Å². The van der Waals surface area contributed by atoms with Crippen LogP contribution in [0.4, 0.5) is 11.4 Å². The number of hydrogen-bond acceptors (Lipinski definition) is 4. The molecule has 0 aromatic heterocycles. The van der Waals surface area contributed by atoms with Crippen molar-refractivity contribution in [3.05, 3.63) is 24.3 Å². The number of carbonyl (C=O) groups is 2. The number of anilines is 2. The van der Waals surface area contributed by atoms with E-state index in [2.05, 4.69) is 5.32 Å². The monoisotopic (exact) mass is 310 g/mol. The third kappa shape index (κ3) is 3.29. The summed E-state index contributed by atoms with van der Waals surface area (Å²) < 4.78 is 5.09. The van der Waals surface area contributed by atoms with Gasteiger partial charge in [-0.1, -0.05) is 12.1 Å². The molecule has 2 rings (SSSR count). The lowest BCUT2D eigenvalue weighted by Gasteiger charge is -2.27. The van der Waals surface area contributed by atoms with Gasteiger partial charge >= 0.3 is 5.97 Å². The molecule has 0 saturated carbocycles. The van der Waals surface area contributed by atoms with Crippen molar-refractivity contribution in [3.8, 4) is 0 Å². The molecule has 0 spiro atoms. The Morgan fingerprint density at radius 1 is 1.43 bits per heavy atom. The number of benzene rings is 1. The lowest BCUT2D eigenvalue weighted by Crippen LogP contribution is -2.42. The second-order valence-corrected chi connectivity index (χ2v) is 5.22. The molecule has 1 N–H and O–H groups in total. The molecule has 1 aromatic rings. The van der Waals surface area contributed by atoms with Crippen molar-refractivity contribution in [2.24, 2.45) is 0 Å². The molecule has 1 aliphatic heterocycles. The van der Waals surface area contributed by atoms with E-state index in [-0.39, 0.29) is 23.8 Å². The summed E-state index contributed by atoms with van der Waals surface area (Å²) in [6.45, 7) is 4.01. The van der Waals surface area contributed by atoms with E-state index in [4.69, 9.17) is 16.3 Å². The molecule has 2 atom stereocenters. The van der Waals surface area contributed by atoms with Crippen molar-refractivity contribution in [1.82, 2.24) is 0 Å². The van der Waals surface area contributed by atoms with E-state index < -0.39 is 6.04 Å². The maximum atomic E-state index is 12.1. The molecule has 5 nitrogen and oxygen atoms in total. The lowest BCUT2D eigenvalue weighted by atomic mass is 10.1. The van der Waals surface area contributed by atoms with Crippen molar-refractivity contribution in [1.29, 1.82) is 0 Å². The number of esters is 1. The Morgan fingerprint density at radius 2 is 2.14 bits per heavy atom. The number of rotatable bonds is 3. The maximum absolute atomic E-state index is 12.1. The first-order chi connectivity index (χ1) is 10.1. The highest BCUT2D eigenvalue weighted by Gasteiger charge is 2.33. The zero-order chi connectivity index (χ0) is 15.4. The minimum Gasteiger partial charge on any atom is -0.464 e. The first kappa shape index (κ1) is 15.6. The first-order valence-electron chi connectivity index (χ1n) is 6.98. The van der Waals surface area contributed by atoms with Crippen molar-refractivity contribution in [2.75, 3.05) is 22.7 Å². The van der Waals surface area contributed by atoms with E-state index in [9.17, 15) is 9.59 Å². The lowest BCUT2D eigenvalue weighted by molar-refractivity contribution is -0.144. The number of ether oxygens (including phenoxy) is 1. The minimum absolute atomic E-state index is 0.0945. The Morgan fingerprint density at radius 3 is 2.81 bits per heavy atom. The fraction of sp³-hybridized carbons (Fsp3) is 0.467. The molecule has 1 aliphatic rings. The molecule has 0 fully saturated rings. The minimum atomic E-state index is -0.478. The van der Waals surface area contributed by atoms with Gasteiger partial charge in [0.15, 0.2) is 0 Å². The van der Waals surface area contributed by atoms with Gasteiger partial charge in [0.05, 0.1) is 18.0 Å². The average molecular weight is 311 g/mol. The van der Waals surface area contributed by atoms with Crippen LogP contribution < -0.4 is 10.2 Å². The van der Waals surface area contributed by atoms with Gasteiger partial charge in [0.25, 0.3) is 0 Å². The Labute approximate surface area is 129 Å². The largest absolute Gasteiger partial charge is 0.464 e. The summed E-state index contributed by atoms with van der Waals surface area (Å²) in [6, 6.07) is 6.76. The zero-order valence-corrected chi connectivity index (χ0v) is 12.9. The average Bonchev–Trinajstić information content (AvgIpc) is 2.62. The highest BCUT2D eigenvalue weighted by Crippen LogP contribution is 2.33. The summed E-state index contributed by atoms with van der Waals surface area (Å²) >= 11 is 5.72. The summed E-state index contributed by atoms with van der Waals surface area (Å²) in [5.74, 6) is -0.579. The summed E-state index contributed by atoms with van der Waals surface area (Å²) in [7, 11) is 0. The fourth-order valence-electron chi connectivity index (χ4n) is 2.58. The zero-order valence-electron chi connectivity index (χ0n) is 12.1. The predicted octanol–water partition coefficient (Wildman–Crippen LogP) is 2.39. The third-order valence-corrected chi connectivity index (χ3v) is 3.69. The van der Waals surface area contributed by atoms with Gasteiger partial charge < -0.3 is 15.0 Å². The number of para-hydroxylation sites is 2. The number of amides is 1. The second-order valence-electron chi connectivity index (χ2n) is 4.95. The van der Waals surface area contributed by atoms with E-state index in [0.29, 0.717) is 13.0 Å². The highest BCUT2D eigenvalue weighted by molar-refractivity contribution is 6.29. The van der Waals surface area contributed by atoms with Crippen molar-refractivity contribution >= 4 is 34.9 Å². The maximum Gasteiger partial charge on any atom is 0.328 e. The molecule has 114 valence electrons. The number of carbonyl (C=O) groups excluding carboxylic acids is 2. The fourth-order valence-corrected chi connectivity index (χ4v) is 2.71. The normalized spacial score (nSPS) is 21.0. The van der Waals surface area contributed by atoms with E-state index in [0.717, 1.165) is 11.4 Å². The van der Waals surface area contributed by atoms with Crippen LogP contribution in [0.25, 0.3) is 0 Å². The van der Waals surface area contributed by atoms with E-state index in [1.807, 2.05) is 31.2 Å². The third-order valence-electron chi connectivity index (χ3n) is 3.47. The summed E-state index contributed by atoms with van der Waals surface area (Å²) in [4.78, 5) is 25.8. The molecule has 0 bridgehead atoms. The Kier molecular flexibility index (Phi) is 5.07. The number of halogens is 1. The van der Waals surface area contributed by atoms with Gasteiger partial charge in [-0.3, -0.25) is 4.79 Å². The smallest absolute Gasteiger partial charge is 0.328 e. The van der Waals surface area contributed by atoms with E-state index >= 15 is 0 Å². The number of fused-ring (bicyclic) bond motifs is 1. The standard InChI is InChI=1S/C15H19ClN2O3/c1-3-21-15(20)12-8-10(2)18(14(19)9-16)13-7-5-4-6-11(13)17-12/h4-7,10,12,17H,3,8-9H2,1-2H3. The number of alkyl halides is 1. The van der Waals surface area contributed by atoms with Crippen molar-refractivity contribution in [2.45, 2.75) is 32.4 Å². The number of nitrogens with one attached hydrogen (secondary N) is 1. The molecule has 0 radical (unpaired) electrons. The van der Waals surface area contributed by atoms with Crippen LogP contribution in [0.2, 0.25) is 0 Å². The van der Waals surface area contributed by atoms with Gasteiger partial charge in [0.2, 0.25) is 5.91 Å². The molecular formula is C15H19ClN2O3. The molecule has 1 aromatic carbocycles. The summed E-state index contributed by atoms with van der Waals surface area (Å²) in [5.41, 5.74) is 1.47. The summed E-state index contributed by atoms with van der Waals surface area (Å²) in [6.07, 6.45) is 0.468. The second kappa shape index (κ2) is 6.80. The Hall–Kier alpha value is -1.75. The molecule has 2 unspecified atom stereocenters. The van der Waals surface area contributed by atoms with Crippen LogP contribution in [0, 0.1) is 0 Å². The number of nitrogens with zero attached hydrogens (tertiary/aromatic N) is 1. The molecule has 0 saturated heterocycles. The number of hydrogen-bond donors (Lipinski definition) is 1. The first-order valence-corrected chi connectivity index (χ1v) is 7.52. The summed E-state index contributed by atoms with van der Waals surface area (Å²) in [5, 5.41) is 3.17. The van der Waals surface area contributed by atoms with Gasteiger partial charge in [-0.15, -0.1) is 11.6 Å². The molecule has 21 heavy (non-hydrogen) atoms. The topological polar surface area (TPSA) is 58.6 Å². The van der Waals surface area contributed by atoms with E-state index in [1.165, 1.54) is 0 Å². The van der Waals surface area contributed by atoms with Crippen LogP contribution >= 0.6 is 11.6 Å². The van der Waals surface area contributed by atoms with Crippen LogP contribution in [0.5, 0.6) is 0 Å². The molecule has 1 heterocycles. The molecule has 1 amide bonds. The van der Waals surface area contributed by atoms with Crippen molar-refractivity contribution in [3.63, 3.8) is 0 Å². The Bertz CT molecular complexity index is 535. The van der Waals surface area contributed by atoms with Gasteiger partial charge in [-0.05, 0) is 32.4 Å². The SMILES string of the molecule is CCOC(=O)C1CC(C)N(C(=O)CCl)c2ccccc2N1. The quantitative estimate of drug-likeness (QED) is 0.688. The highest BCUT2D eigenvalue weighted by atomic mass is 35.5. The van der Waals surface area contributed by atoms with Gasteiger partial charge in [0.1, 0.15) is 11.9 Å².